The second kappa shape index (κ2) is 12.4. The Kier molecular flexibility index (Phi) is 9.02. The maximum Gasteiger partial charge on any atom is 0.407 e. The highest BCUT2D eigenvalue weighted by Crippen LogP contribution is 2.44. The van der Waals surface area contributed by atoms with E-state index in [9.17, 15) is 14.4 Å². The molecule has 1 aliphatic rings. The van der Waals surface area contributed by atoms with Crippen LogP contribution in [0.2, 0.25) is 0 Å². The number of hydrogen-bond donors (Lipinski definition) is 2. The van der Waals surface area contributed by atoms with Gasteiger partial charge in [-0.2, -0.15) is 5.26 Å². The summed E-state index contributed by atoms with van der Waals surface area (Å²) in [5.74, 6) is -1.82. The Labute approximate surface area is 204 Å². The highest BCUT2D eigenvalue weighted by atomic mass is 16.5. The minimum Gasteiger partial charge on any atom is -0.480 e. The molecule has 1 unspecified atom stereocenters. The van der Waals surface area contributed by atoms with Crippen molar-refractivity contribution in [1.82, 2.24) is 10.2 Å². The number of carbonyl (C=O) groups excluding carboxylic acids is 2. The molecule has 8 nitrogen and oxygen atoms in total. The van der Waals surface area contributed by atoms with E-state index < -0.39 is 30.6 Å². The average Bonchev–Trinajstić information content (AvgIpc) is 3.17. The molecule has 0 fully saturated rings. The third kappa shape index (κ3) is 6.48. The van der Waals surface area contributed by atoms with Crippen LogP contribution >= 0.6 is 0 Å². The third-order valence-electron chi connectivity index (χ3n) is 5.95. The number of nitrogens with zero attached hydrogens (tertiary/aromatic N) is 2. The monoisotopic (exact) mass is 475 g/mol. The summed E-state index contributed by atoms with van der Waals surface area (Å²) >= 11 is 0. The first-order valence-electron chi connectivity index (χ1n) is 11.6. The molecule has 8 heteroatoms. The van der Waals surface area contributed by atoms with Gasteiger partial charge in [-0.25, -0.2) is 4.79 Å². The number of nitrogens with one attached hydrogen (secondary N) is 1. The molecule has 2 aromatic rings. The summed E-state index contributed by atoms with van der Waals surface area (Å²) in [4.78, 5) is 38.1. The molecule has 0 heterocycles. The minimum atomic E-state index is -1.16. The van der Waals surface area contributed by atoms with E-state index in [1.165, 1.54) is 6.08 Å². The quantitative estimate of drug-likeness (QED) is 0.353. The second-order valence-electron chi connectivity index (χ2n) is 8.33. The predicted octanol–water partition coefficient (Wildman–Crippen LogP) is 4.08. The highest BCUT2D eigenvalue weighted by molar-refractivity contribution is 5.88. The highest BCUT2D eigenvalue weighted by Gasteiger charge is 2.30. The first kappa shape index (κ1) is 25.5. The number of amides is 2. The fraction of sp³-hybridized carbons (Fsp3) is 0.333. The van der Waals surface area contributed by atoms with Crippen molar-refractivity contribution in [2.75, 3.05) is 19.7 Å². The number of carboxylic acids is 1. The topological polar surface area (TPSA) is 120 Å². The van der Waals surface area contributed by atoms with Crippen LogP contribution in [0.25, 0.3) is 11.1 Å². The fourth-order valence-electron chi connectivity index (χ4n) is 4.36. The lowest BCUT2D eigenvalue weighted by molar-refractivity contribution is -0.144. The standard InChI is InChI=1S/C27H29N3O5/c1-2-16-30(17-25(31)32)26(33)24(14-4-3-9-15-28)29-27(34)35-18-23-21-12-7-5-10-19(21)20-11-6-8-13-22(20)23/h2,5-8,10-13,23-24H,1,3-4,9,14,16-18H2,(H,29,34)(H,31,32). The van der Waals surface area contributed by atoms with Crippen molar-refractivity contribution < 1.29 is 24.2 Å². The number of nitriles is 1. The van der Waals surface area contributed by atoms with E-state index in [1.807, 2.05) is 48.5 Å². The molecule has 2 aromatic carbocycles. The first-order valence-corrected chi connectivity index (χ1v) is 11.6. The zero-order valence-corrected chi connectivity index (χ0v) is 19.5. The molecule has 0 aromatic heterocycles. The lowest BCUT2D eigenvalue weighted by Gasteiger charge is -2.26. The molecular formula is C27H29N3O5. The van der Waals surface area contributed by atoms with Gasteiger partial charge in [0.15, 0.2) is 0 Å². The SMILES string of the molecule is C=CCN(CC(=O)O)C(=O)C(CCCCC#N)NC(=O)OCC1c2ccccc2-c2ccccc21. The maximum atomic E-state index is 13.0. The van der Waals surface area contributed by atoms with Gasteiger partial charge in [-0.15, -0.1) is 6.58 Å². The van der Waals surface area contributed by atoms with Gasteiger partial charge in [-0.3, -0.25) is 9.59 Å². The van der Waals surface area contributed by atoms with Gasteiger partial charge in [0.25, 0.3) is 0 Å². The van der Waals surface area contributed by atoms with Crippen molar-refractivity contribution in [1.29, 1.82) is 5.26 Å². The summed E-state index contributed by atoms with van der Waals surface area (Å²) in [6.07, 6.45) is 2.35. The van der Waals surface area contributed by atoms with E-state index in [0.717, 1.165) is 27.2 Å². The number of alkyl carbamates (subject to hydrolysis) is 1. The molecule has 182 valence electrons. The average molecular weight is 476 g/mol. The summed E-state index contributed by atoms with van der Waals surface area (Å²) in [6, 6.07) is 17.0. The van der Waals surface area contributed by atoms with Gasteiger partial charge in [0.1, 0.15) is 19.2 Å². The molecular weight excluding hydrogens is 446 g/mol. The van der Waals surface area contributed by atoms with Gasteiger partial charge < -0.3 is 20.1 Å². The fourth-order valence-corrected chi connectivity index (χ4v) is 4.36. The zero-order valence-electron chi connectivity index (χ0n) is 19.5. The van der Waals surface area contributed by atoms with E-state index in [2.05, 4.69) is 18.0 Å². The summed E-state index contributed by atoms with van der Waals surface area (Å²) in [5, 5.41) is 20.5. The molecule has 0 bridgehead atoms. The van der Waals surface area contributed by atoms with E-state index in [4.69, 9.17) is 15.1 Å². The van der Waals surface area contributed by atoms with Crippen LogP contribution in [0, 0.1) is 11.3 Å². The van der Waals surface area contributed by atoms with Crippen LogP contribution in [0.5, 0.6) is 0 Å². The van der Waals surface area contributed by atoms with E-state index in [-0.39, 0.29) is 25.5 Å². The summed E-state index contributed by atoms with van der Waals surface area (Å²) < 4.78 is 5.56. The normalized spacial score (nSPS) is 12.5. The van der Waals surface area contributed by atoms with Crippen molar-refractivity contribution in [3.8, 4) is 17.2 Å². The molecule has 1 aliphatic carbocycles. The molecule has 0 radical (unpaired) electrons. The van der Waals surface area contributed by atoms with Crippen LogP contribution in [0.4, 0.5) is 4.79 Å². The van der Waals surface area contributed by atoms with Crippen LogP contribution in [0.3, 0.4) is 0 Å². The Morgan fingerprint density at radius 2 is 1.74 bits per heavy atom. The second-order valence-corrected chi connectivity index (χ2v) is 8.33. The Balaban J connectivity index is 1.69. The Morgan fingerprint density at radius 1 is 1.11 bits per heavy atom. The molecule has 1 atom stereocenters. The van der Waals surface area contributed by atoms with Crippen molar-refractivity contribution >= 4 is 18.0 Å². The molecule has 0 spiro atoms. The smallest absolute Gasteiger partial charge is 0.407 e. The molecule has 2 N–H and O–H groups in total. The number of aliphatic carboxylic acids is 1. The number of carboxylic acid groups (broad SMARTS) is 1. The lowest BCUT2D eigenvalue weighted by Crippen LogP contribution is -2.50. The molecule has 0 saturated heterocycles. The van der Waals surface area contributed by atoms with Crippen molar-refractivity contribution in [3.63, 3.8) is 0 Å². The first-order chi connectivity index (χ1) is 17.0. The number of fused-ring (bicyclic) bond motifs is 3. The number of carbonyl (C=O) groups is 3. The number of hydrogen-bond acceptors (Lipinski definition) is 5. The molecule has 3 rings (SSSR count). The lowest BCUT2D eigenvalue weighted by atomic mass is 9.98. The summed E-state index contributed by atoms with van der Waals surface area (Å²) in [6.45, 7) is 3.20. The van der Waals surface area contributed by atoms with Crippen LogP contribution in [0.15, 0.2) is 61.2 Å². The number of benzene rings is 2. The molecule has 0 aliphatic heterocycles. The van der Waals surface area contributed by atoms with E-state index in [0.29, 0.717) is 19.3 Å². The molecule has 2 amide bonds. The van der Waals surface area contributed by atoms with Crippen LogP contribution in [-0.4, -0.2) is 53.7 Å². The summed E-state index contributed by atoms with van der Waals surface area (Å²) in [5.41, 5.74) is 4.36. The van der Waals surface area contributed by atoms with Gasteiger partial charge in [0.05, 0.1) is 6.07 Å². The van der Waals surface area contributed by atoms with Crippen molar-refractivity contribution in [2.24, 2.45) is 0 Å². The van der Waals surface area contributed by atoms with E-state index >= 15 is 0 Å². The van der Waals surface area contributed by atoms with Gasteiger partial charge >= 0.3 is 12.1 Å². The molecule has 0 saturated carbocycles. The van der Waals surface area contributed by atoms with Gasteiger partial charge in [-0.1, -0.05) is 54.6 Å². The van der Waals surface area contributed by atoms with Crippen LogP contribution in [0.1, 0.15) is 42.7 Å². The third-order valence-corrected chi connectivity index (χ3v) is 5.95. The Morgan fingerprint density at radius 3 is 2.31 bits per heavy atom. The largest absolute Gasteiger partial charge is 0.480 e. The summed E-state index contributed by atoms with van der Waals surface area (Å²) in [7, 11) is 0. The van der Waals surface area contributed by atoms with Crippen LogP contribution < -0.4 is 5.32 Å². The van der Waals surface area contributed by atoms with Crippen molar-refractivity contribution in [2.45, 2.75) is 37.6 Å². The van der Waals surface area contributed by atoms with Gasteiger partial charge in [-0.05, 0) is 41.5 Å². The molecule has 35 heavy (non-hydrogen) atoms. The zero-order chi connectivity index (χ0) is 25.2. The Hall–Kier alpha value is -4.12. The maximum absolute atomic E-state index is 13.0. The van der Waals surface area contributed by atoms with Gasteiger partial charge in [0, 0.05) is 18.9 Å². The Bertz CT molecular complexity index is 1080. The number of rotatable bonds is 12. The van der Waals surface area contributed by atoms with Gasteiger partial charge in [0.2, 0.25) is 5.91 Å². The predicted molar refractivity (Wildman–Crippen MR) is 130 cm³/mol. The van der Waals surface area contributed by atoms with E-state index in [1.54, 1.807) is 0 Å². The number of unbranched alkanes of at least 4 members (excludes halogenated alkanes) is 2. The minimum absolute atomic E-state index is 0.0339. The van der Waals surface area contributed by atoms with Crippen molar-refractivity contribution in [3.05, 3.63) is 72.3 Å². The number of ether oxygens (including phenoxy) is 1. The van der Waals surface area contributed by atoms with Crippen LogP contribution in [-0.2, 0) is 14.3 Å².